The van der Waals surface area contributed by atoms with Crippen LogP contribution in [-0.4, -0.2) is 12.0 Å². The highest BCUT2D eigenvalue weighted by Gasteiger charge is 2.33. The maximum atomic E-state index is 12.7. The van der Waals surface area contributed by atoms with Gasteiger partial charge >= 0.3 is 0 Å². The summed E-state index contributed by atoms with van der Waals surface area (Å²) in [6, 6.07) is 13.5. The van der Waals surface area contributed by atoms with E-state index in [0.29, 0.717) is 16.9 Å². The van der Waals surface area contributed by atoms with Crippen molar-refractivity contribution >= 4 is 17.2 Å². The van der Waals surface area contributed by atoms with Crippen molar-refractivity contribution in [3.05, 3.63) is 65.4 Å². The molecule has 1 unspecified atom stereocenters. The summed E-state index contributed by atoms with van der Waals surface area (Å²) >= 11 is 0. The zero-order valence-corrected chi connectivity index (χ0v) is 11.5. The van der Waals surface area contributed by atoms with Crippen molar-refractivity contribution in [2.75, 3.05) is 10.6 Å². The SMILES string of the molecule is Cc1ccc2c(c1)C(=O)C1=CNc3ccccc3NC1O2. The van der Waals surface area contributed by atoms with Gasteiger partial charge < -0.3 is 15.4 Å². The van der Waals surface area contributed by atoms with E-state index in [4.69, 9.17) is 4.74 Å². The fourth-order valence-corrected chi connectivity index (χ4v) is 2.67. The van der Waals surface area contributed by atoms with Gasteiger partial charge in [-0.1, -0.05) is 23.8 Å². The second-order valence-corrected chi connectivity index (χ2v) is 5.26. The molecule has 2 aromatic carbocycles. The molecule has 0 saturated heterocycles. The van der Waals surface area contributed by atoms with Crippen LogP contribution in [0.1, 0.15) is 15.9 Å². The summed E-state index contributed by atoms with van der Waals surface area (Å²) in [7, 11) is 0. The lowest BCUT2D eigenvalue weighted by Gasteiger charge is -2.27. The number of aryl methyl sites for hydroxylation is 1. The number of fused-ring (bicyclic) bond motifs is 3. The molecule has 0 fully saturated rings. The summed E-state index contributed by atoms with van der Waals surface area (Å²) in [5, 5.41) is 6.45. The predicted octanol–water partition coefficient (Wildman–Crippen LogP) is 3.32. The summed E-state index contributed by atoms with van der Waals surface area (Å²) in [5.41, 5.74) is 4.09. The minimum Gasteiger partial charge on any atom is -0.466 e. The van der Waals surface area contributed by atoms with E-state index in [2.05, 4.69) is 10.6 Å². The van der Waals surface area contributed by atoms with Crippen LogP contribution in [0.25, 0.3) is 0 Å². The number of nitrogens with one attached hydrogen (secondary N) is 2. The molecule has 2 aromatic rings. The highest BCUT2D eigenvalue weighted by Crippen LogP contribution is 2.35. The lowest BCUT2D eigenvalue weighted by molar-refractivity contribution is 0.0974. The average Bonchev–Trinajstić information content (AvgIpc) is 2.67. The standard InChI is InChI=1S/C17H14N2O2/c1-10-6-7-15-11(8-10)16(20)12-9-18-13-4-2-3-5-14(13)19-17(12)21-15/h2-9,17-19H,1H3. The zero-order valence-electron chi connectivity index (χ0n) is 11.5. The van der Waals surface area contributed by atoms with Crippen LogP contribution in [-0.2, 0) is 0 Å². The number of rotatable bonds is 0. The number of hydrogen-bond acceptors (Lipinski definition) is 4. The largest absolute Gasteiger partial charge is 0.466 e. The average molecular weight is 278 g/mol. The maximum absolute atomic E-state index is 12.7. The molecular formula is C17H14N2O2. The van der Waals surface area contributed by atoms with Gasteiger partial charge in [-0.2, -0.15) is 0 Å². The third-order valence-corrected chi connectivity index (χ3v) is 3.77. The fourth-order valence-electron chi connectivity index (χ4n) is 2.67. The van der Waals surface area contributed by atoms with Crippen LogP contribution < -0.4 is 15.4 Å². The van der Waals surface area contributed by atoms with E-state index in [1.165, 1.54) is 0 Å². The Morgan fingerprint density at radius 3 is 2.76 bits per heavy atom. The topological polar surface area (TPSA) is 50.4 Å². The first-order valence-corrected chi connectivity index (χ1v) is 6.86. The molecule has 4 nitrogen and oxygen atoms in total. The van der Waals surface area contributed by atoms with E-state index < -0.39 is 6.23 Å². The van der Waals surface area contributed by atoms with Crippen molar-refractivity contribution in [3.8, 4) is 5.75 Å². The van der Waals surface area contributed by atoms with E-state index in [1.54, 1.807) is 6.20 Å². The lowest BCUT2D eigenvalue weighted by atomic mass is 9.97. The van der Waals surface area contributed by atoms with E-state index in [1.807, 2.05) is 49.4 Å². The van der Waals surface area contributed by atoms with Crippen molar-refractivity contribution in [2.45, 2.75) is 13.2 Å². The number of ether oxygens (including phenoxy) is 1. The molecule has 0 bridgehead atoms. The van der Waals surface area contributed by atoms with Gasteiger partial charge in [0.2, 0.25) is 6.23 Å². The molecule has 21 heavy (non-hydrogen) atoms. The van der Waals surface area contributed by atoms with Gasteiger partial charge in [0.05, 0.1) is 22.5 Å². The minimum absolute atomic E-state index is 0.00208. The van der Waals surface area contributed by atoms with Gasteiger partial charge in [-0.25, -0.2) is 0 Å². The zero-order chi connectivity index (χ0) is 14.4. The van der Waals surface area contributed by atoms with Gasteiger partial charge in [0.1, 0.15) is 5.75 Å². The Morgan fingerprint density at radius 1 is 1.10 bits per heavy atom. The molecule has 2 aliphatic rings. The summed E-state index contributed by atoms with van der Waals surface area (Å²) in [5.74, 6) is 0.623. The summed E-state index contributed by atoms with van der Waals surface area (Å²) in [6.07, 6.45) is 1.26. The lowest BCUT2D eigenvalue weighted by Crippen LogP contribution is -2.36. The van der Waals surface area contributed by atoms with Gasteiger partial charge in [-0.3, -0.25) is 4.79 Å². The van der Waals surface area contributed by atoms with E-state index in [0.717, 1.165) is 16.9 Å². The molecule has 0 saturated carbocycles. The highest BCUT2D eigenvalue weighted by atomic mass is 16.5. The molecule has 2 heterocycles. The van der Waals surface area contributed by atoms with Crippen LogP contribution >= 0.6 is 0 Å². The van der Waals surface area contributed by atoms with Crippen LogP contribution in [0.2, 0.25) is 0 Å². The summed E-state index contributed by atoms with van der Waals surface area (Å²) in [4.78, 5) is 12.7. The Balaban J connectivity index is 1.81. The molecule has 0 amide bonds. The van der Waals surface area contributed by atoms with Gasteiger partial charge in [0.15, 0.2) is 5.78 Å². The summed E-state index contributed by atoms with van der Waals surface area (Å²) in [6.45, 7) is 1.97. The Bertz CT molecular complexity index is 780. The Labute approximate surface area is 122 Å². The van der Waals surface area contributed by atoms with Crippen LogP contribution in [0, 0.1) is 6.92 Å². The Kier molecular flexibility index (Phi) is 2.51. The second kappa shape index (κ2) is 4.38. The number of carbonyl (C=O) groups is 1. The first-order valence-electron chi connectivity index (χ1n) is 6.86. The van der Waals surface area contributed by atoms with E-state index in [-0.39, 0.29) is 5.78 Å². The highest BCUT2D eigenvalue weighted by molar-refractivity contribution is 6.13. The molecule has 4 rings (SSSR count). The molecule has 1 atom stereocenters. The monoisotopic (exact) mass is 278 g/mol. The summed E-state index contributed by atoms with van der Waals surface area (Å²) < 4.78 is 5.96. The van der Waals surface area contributed by atoms with Gasteiger partial charge in [0.25, 0.3) is 0 Å². The third-order valence-electron chi connectivity index (χ3n) is 3.77. The first-order chi connectivity index (χ1) is 10.2. The van der Waals surface area contributed by atoms with E-state index >= 15 is 0 Å². The Hall–Kier alpha value is -2.75. The molecule has 2 aliphatic heterocycles. The van der Waals surface area contributed by atoms with Crippen molar-refractivity contribution in [2.24, 2.45) is 0 Å². The third kappa shape index (κ3) is 1.88. The molecule has 0 radical (unpaired) electrons. The number of Topliss-reactive ketones (excluding diaryl/α,β-unsaturated/α-hetero) is 1. The molecular weight excluding hydrogens is 264 g/mol. The molecule has 2 N–H and O–H groups in total. The quantitative estimate of drug-likeness (QED) is 0.776. The van der Waals surface area contributed by atoms with Crippen molar-refractivity contribution in [1.82, 2.24) is 0 Å². The Morgan fingerprint density at radius 2 is 1.90 bits per heavy atom. The molecule has 0 aromatic heterocycles. The number of benzene rings is 2. The van der Waals surface area contributed by atoms with Crippen LogP contribution in [0.5, 0.6) is 5.75 Å². The number of anilines is 2. The van der Waals surface area contributed by atoms with E-state index in [9.17, 15) is 4.79 Å². The number of para-hydroxylation sites is 2. The van der Waals surface area contributed by atoms with Crippen molar-refractivity contribution in [3.63, 3.8) is 0 Å². The predicted molar refractivity (Wildman–Crippen MR) is 81.7 cm³/mol. The number of hydrogen-bond donors (Lipinski definition) is 2. The van der Waals surface area contributed by atoms with Gasteiger partial charge in [0, 0.05) is 6.20 Å². The smallest absolute Gasteiger partial charge is 0.201 e. The first kappa shape index (κ1) is 12.0. The molecule has 104 valence electrons. The molecule has 0 aliphatic carbocycles. The van der Waals surface area contributed by atoms with Gasteiger partial charge in [-0.15, -0.1) is 0 Å². The maximum Gasteiger partial charge on any atom is 0.201 e. The van der Waals surface area contributed by atoms with Crippen LogP contribution in [0.15, 0.2) is 54.2 Å². The fraction of sp³-hybridized carbons (Fsp3) is 0.118. The van der Waals surface area contributed by atoms with Crippen LogP contribution in [0.4, 0.5) is 11.4 Å². The molecule has 4 heteroatoms. The normalized spacial score (nSPS) is 18.8. The minimum atomic E-state index is -0.469. The number of carbonyl (C=O) groups excluding carboxylic acids is 1. The van der Waals surface area contributed by atoms with Crippen LogP contribution in [0.3, 0.4) is 0 Å². The second-order valence-electron chi connectivity index (χ2n) is 5.26. The molecule has 0 spiro atoms. The van der Waals surface area contributed by atoms with Gasteiger partial charge in [-0.05, 0) is 31.2 Å². The van der Waals surface area contributed by atoms with Crippen molar-refractivity contribution < 1.29 is 9.53 Å². The van der Waals surface area contributed by atoms with Crippen molar-refractivity contribution in [1.29, 1.82) is 0 Å². The number of ketones is 1.